The van der Waals surface area contributed by atoms with E-state index < -0.39 is 0 Å². The number of hydrogen-bond donors (Lipinski definition) is 3. The van der Waals surface area contributed by atoms with Crippen LogP contribution in [0.15, 0.2) is 28.7 Å². The van der Waals surface area contributed by atoms with E-state index in [0.717, 1.165) is 23.2 Å². The fourth-order valence-corrected chi connectivity index (χ4v) is 2.42. The Morgan fingerprint density at radius 1 is 1.50 bits per heavy atom. The summed E-state index contributed by atoms with van der Waals surface area (Å²) < 4.78 is 2.51. The topological polar surface area (TPSA) is 91.7 Å². The van der Waals surface area contributed by atoms with Gasteiger partial charge in [-0.1, -0.05) is 22.0 Å². The zero-order valence-electron chi connectivity index (χ0n) is 10.6. The first-order valence-electron chi connectivity index (χ1n) is 6.21. The first-order valence-corrected chi connectivity index (χ1v) is 7.00. The molecule has 0 unspecified atom stereocenters. The van der Waals surface area contributed by atoms with Crippen LogP contribution in [0, 0.1) is 11.3 Å². The maximum absolute atomic E-state index is 9.27. The van der Waals surface area contributed by atoms with Crippen molar-refractivity contribution in [3.8, 4) is 11.8 Å². The summed E-state index contributed by atoms with van der Waals surface area (Å²) in [6, 6.07) is 10.0. The van der Waals surface area contributed by atoms with E-state index in [-0.39, 0.29) is 0 Å². The molecule has 2 aromatic rings. The molecular weight excluding hydrogens is 320 g/mol. The van der Waals surface area contributed by atoms with Crippen LogP contribution in [0.5, 0.6) is 0 Å². The Kier molecular flexibility index (Phi) is 3.34. The van der Waals surface area contributed by atoms with Crippen molar-refractivity contribution >= 4 is 27.6 Å². The van der Waals surface area contributed by atoms with Gasteiger partial charge in [-0.25, -0.2) is 4.68 Å². The van der Waals surface area contributed by atoms with E-state index in [4.69, 9.17) is 5.73 Å². The zero-order chi connectivity index (χ0) is 14.1. The van der Waals surface area contributed by atoms with Gasteiger partial charge in [0.1, 0.15) is 17.5 Å². The quantitative estimate of drug-likeness (QED) is 0.791. The molecule has 7 heteroatoms. The van der Waals surface area contributed by atoms with Crippen LogP contribution < -0.4 is 16.4 Å². The minimum atomic E-state index is 0.298. The van der Waals surface area contributed by atoms with Gasteiger partial charge in [0.25, 0.3) is 0 Å². The third-order valence-electron chi connectivity index (χ3n) is 3.21. The Bertz CT molecular complexity index is 683. The Balaban J connectivity index is 2.01. The van der Waals surface area contributed by atoms with Gasteiger partial charge in [0.05, 0.1) is 11.7 Å². The molecule has 1 aromatic heterocycles. The second-order valence-electron chi connectivity index (χ2n) is 4.61. The summed E-state index contributed by atoms with van der Waals surface area (Å²) >= 11 is 3.42. The van der Waals surface area contributed by atoms with Gasteiger partial charge in [-0.3, -0.25) is 0 Å². The molecule has 20 heavy (non-hydrogen) atoms. The van der Waals surface area contributed by atoms with Gasteiger partial charge in [0.2, 0.25) is 0 Å². The summed E-state index contributed by atoms with van der Waals surface area (Å²) in [7, 11) is 0. The SMILES string of the molecule is N#Cc1c(NC2CNC2)nn(-c2cccc(Br)c2)c1N. The fraction of sp³-hybridized carbons (Fsp3) is 0.231. The molecule has 0 saturated carbocycles. The smallest absolute Gasteiger partial charge is 0.169 e. The number of nitrogen functional groups attached to an aromatic ring is 1. The highest BCUT2D eigenvalue weighted by atomic mass is 79.9. The van der Waals surface area contributed by atoms with E-state index in [2.05, 4.69) is 37.7 Å². The molecular formula is C13H13BrN6. The van der Waals surface area contributed by atoms with Crippen molar-refractivity contribution in [1.29, 1.82) is 5.26 Å². The Morgan fingerprint density at radius 3 is 2.90 bits per heavy atom. The normalized spacial score (nSPS) is 14.6. The molecule has 6 nitrogen and oxygen atoms in total. The molecule has 102 valence electrons. The molecule has 2 heterocycles. The average molecular weight is 333 g/mol. The lowest BCUT2D eigenvalue weighted by molar-refractivity contribution is 0.470. The molecule has 0 aliphatic carbocycles. The van der Waals surface area contributed by atoms with Crippen molar-refractivity contribution < 1.29 is 0 Å². The molecule has 0 atom stereocenters. The lowest BCUT2D eigenvalue weighted by Gasteiger charge is -2.27. The van der Waals surface area contributed by atoms with Gasteiger partial charge in [-0.15, -0.1) is 5.10 Å². The average Bonchev–Trinajstić information content (AvgIpc) is 2.70. The summed E-state index contributed by atoms with van der Waals surface area (Å²) in [6.07, 6.45) is 0. The van der Waals surface area contributed by atoms with E-state index >= 15 is 0 Å². The maximum atomic E-state index is 9.27. The van der Waals surface area contributed by atoms with E-state index in [9.17, 15) is 5.26 Å². The number of nitrogens with one attached hydrogen (secondary N) is 2. The van der Waals surface area contributed by atoms with Crippen molar-refractivity contribution in [3.63, 3.8) is 0 Å². The molecule has 4 N–H and O–H groups in total. The van der Waals surface area contributed by atoms with Gasteiger partial charge >= 0.3 is 0 Å². The van der Waals surface area contributed by atoms with Gasteiger partial charge in [0, 0.05) is 17.6 Å². The lowest BCUT2D eigenvalue weighted by Crippen LogP contribution is -2.51. The molecule has 0 radical (unpaired) electrons. The predicted octanol–water partition coefficient (Wildman–Crippen LogP) is 1.47. The molecule has 0 amide bonds. The number of hydrogen-bond acceptors (Lipinski definition) is 5. The second-order valence-corrected chi connectivity index (χ2v) is 5.53. The maximum Gasteiger partial charge on any atom is 0.169 e. The van der Waals surface area contributed by atoms with Crippen molar-refractivity contribution in [2.24, 2.45) is 0 Å². The van der Waals surface area contributed by atoms with Gasteiger partial charge in [-0.05, 0) is 18.2 Å². The summed E-state index contributed by atoms with van der Waals surface area (Å²) in [5, 5.41) is 20.1. The largest absolute Gasteiger partial charge is 0.382 e. The molecule has 0 bridgehead atoms. The van der Waals surface area contributed by atoms with Crippen LogP contribution in [-0.2, 0) is 0 Å². The van der Waals surface area contributed by atoms with E-state index in [1.165, 1.54) is 0 Å². The van der Waals surface area contributed by atoms with Crippen molar-refractivity contribution in [1.82, 2.24) is 15.1 Å². The Labute approximate surface area is 124 Å². The molecule has 1 saturated heterocycles. The number of nitrogens with zero attached hydrogens (tertiary/aromatic N) is 3. The van der Waals surface area contributed by atoms with E-state index in [0.29, 0.717) is 23.2 Å². The number of halogens is 1. The summed E-state index contributed by atoms with van der Waals surface area (Å²) in [5.74, 6) is 0.886. The molecule has 1 fully saturated rings. The monoisotopic (exact) mass is 332 g/mol. The summed E-state index contributed by atoms with van der Waals surface area (Å²) in [6.45, 7) is 1.74. The van der Waals surface area contributed by atoms with E-state index in [1.54, 1.807) is 4.68 Å². The summed E-state index contributed by atoms with van der Waals surface area (Å²) in [4.78, 5) is 0. The van der Waals surface area contributed by atoms with Crippen LogP contribution in [-0.4, -0.2) is 28.9 Å². The first kappa shape index (κ1) is 13.0. The van der Waals surface area contributed by atoms with Crippen LogP contribution in [0.3, 0.4) is 0 Å². The highest BCUT2D eigenvalue weighted by Crippen LogP contribution is 2.26. The molecule has 1 aliphatic heterocycles. The van der Waals surface area contributed by atoms with Crippen LogP contribution in [0.25, 0.3) is 5.69 Å². The minimum absolute atomic E-state index is 0.298. The van der Waals surface area contributed by atoms with Crippen molar-refractivity contribution in [2.45, 2.75) is 6.04 Å². The standard InChI is InChI=1S/C13H13BrN6/c14-8-2-1-3-10(4-8)20-12(16)11(5-15)13(19-20)18-9-6-17-7-9/h1-4,9,17H,6-7,16H2,(H,18,19). The summed E-state index contributed by atoms with van der Waals surface area (Å²) in [5.41, 5.74) is 7.24. The zero-order valence-corrected chi connectivity index (χ0v) is 12.2. The van der Waals surface area contributed by atoms with Crippen LogP contribution in [0.1, 0.15) is 5.56 Å². The van der Waals surface area contributed by atoms with Crippen molar-refractivity contribution in [2.75, 3.05) is 24.1 Å². The minimum Gasteiger partial charge on any atom is -0.382 e. The van der Waals surface area contributed by atoms with E-state index in [1.807, 2.05) is 24.3 Å². The number of rotatable bonds is 3. The molecule has 1 aromatic carbocycles. The molecule has 3 rings (SSSR count). The van der Waals surface area contributed by atoms with Crippen molar-refractivity contribution in [3.05, 3.63) is 34.3 Å². The number of nitriles is 1. The van der Waals surface area contributed by atoms with Gasteiger partial charge < -0.3 is 16.4 Å². The highest BCUT2D eigenvalue weighted by molar-refractivity contribution is 9.10. The Morgan fingerprint density at radius 2 is 2.30 bits per heavy atom. The third kappa shape index (κ3) is 2.24. The van der Waals surface area contributed by atoms with Gasteiger partial charge in [0.15, 0.2) is 5.82 Å². The first-order chi connectivity index (χ1) is 9.69. The van der Waals surface area contributed by atoms with Gasteiger partial charge in [-0.2, -0.15) is 5.26 Å². The molecule has 1 aliphatic rings. The lowest BCUT2D eigenvalue weighted by atomic mass is 10.2. The number of nitrogens with two attached hydrogens (primary N) is 1. The number of anilines is 2. The van der Waals surface area contributed by atoms with Crippen LogP contribution >= 0.6 is 15.9 Å². The number of benzene rings is 1. The third-order valence-corrected chi connectivity index (χ3v) is 3.70. The predicted molar refractivity (Wildman–Crippen MR) is 80.7 cm³/mol. The number of aromatic nitrogens is 2. The van der Waals surface area contributed by atoms with Crippen LogP contribution in [0.2, 0.25) is 0 Å². The van der Waals surface area contributed by atoms with Crippen LogP contribution in [0.4, 0.5) is 11.6 Å². The fourth-order valence-electron chi connectivity index (χ4n) is 2.03. The Hall–Kier alpha value is -2.04. The second kappa shape index (κ2) is 5.15. The highest BCUT2D eigenvalue weighted by Gasteiger charge is 2.22. The molecule has 0 spiro atoms.